The molecule has 11 heteroatoms. The summed E-state index contributed by atoms with van der Waals surface area (Å²) in [6.07, 6.45) is 0. The molecule has 0 bridgehead atoms. The number of nitrogens with zero attached hydrogens (tertiary/aromatic N) is 2. The second-order valence-electron chi connectivity index (χ2n) is 5.89. The lowest BCUT2D eigenvalue weighted by molar-refractivity contribution is -0.0505. The lowest BCUT2D eigenvalue weighted by atomic mass is 10.1. The van der Waals surface area contributed by atoms with E-state index in [0.29, 0.717) is 28.6 Å². The molecule has 0 radical (unpaired) electrons. The number of hydrogen-bond acceptors (Lipinski definition) is 5. The van der Waals surface area contributed by atoms with Gasteiger partial charge in [0.1, 0.15) is 11.6 Å². The van der Waals surface area contributed by atoms with Gasteiger partial charge in [-0.1, -0.05) is 6.07 Å². The van der Waals surface area contributed by atoms with Gasteiger partial charge in [0.2, 0.25) is 6.79 Å². The Hall–Kier alpha value is -2.88. The van der Waals surface area contributed by atoms with Crippen molar-refractivity contribution in [3.63, 3.8) is 0 Å². The standard InChI is InChI=1S/C19H17F3N4O3.HI/c1-24-19(25-8-12-3-2-11(7-23)4-14(12)20)26-9-13-5-16-17(28-10-27-16)6-15(13)29-18(21)22;/h2-6,18H,8-10H2,1H3,(H2,24,25,26);1H. The number of halogens is 4. The van der Waals surface area contributed by atoms with Crippen molar-refractivity contribution in [1.82, 2.24) is 10.6 Å². The maximum Gasteiger partial charge on any atom is 0.387 e. The molecule has 0 aliphatic carbocycles. The molecule has 0 fully saturated rings. The van der Waals surface area contributed by atoms with Crippen molar-refractivity contribution in [2.75, 3.05) is 13.8 Å². The number of rotatable bonds is 6. The zero-order valence-electron chi connectivity index (χ0n) is 15.7. The number of alkyl halides is 2. The smallest absolute Gasteiger partial charge is 0.387 e. The molecule has 2 aromatic rings. The highest BCUT2D eigenvalue weighted by Gasteiger charge is 2.20. The van der Waals surface area contributed by atoms with E-state index in [-0.39, 0.29) is 55.2 Å². The molecule has 1 aliphatic heterocycles. The van der Waals surface area contributed by atoms with E-state index >= 15 is 0 Å². The quantitative estimate of drug-likeness (QED) is 0.335. The van der Waals surface area contributed by atoms with E-state index in [0.717, 1.165) is 6.07 Å². The van der Waals surface area contributed by atoms with Gasteiger partial charge in [-0.3, -0.25) is 4.99 Å². The molecule has 1 aliphatic rings. The minimum absolute atomic E-state index is 0. The van der Waals surface area contributed by atoms with Crippen LogP contribution in [0.25, 0.3) is 0 Å². The summed E-state index contributed by atoms with van der Waals surface area (Å²) in [7, 11) is 1.51. The fraction of sp³-hybridized carbons (Fsp3) is 0.263. The average Bonchev–Trinajstić information content (AvgIpc) is 3.15. The highest BCUT2D eigenvalue weighted by atomic mass is 127. The molecule has 0 atom stereocenters. The van der Waals surface area contributed by atoms with Crippen molar-refractivity contribution in [1.29, 1.82) is 5.26 Å². The van der Waals surface area contributed by atoms with E-state index in [1.807, 2.05) is 6.07 Å². The molecule has 0 unspecified atom stereocenters. The highest BCUT2D eigenvalue weighted by Crippen LogP contribution is 2.38. The van der Waals surface area contributed by atoms with E-state index in [9.17, 15) is 13.2 Å². The third kappa shape index (κ3) is 5.82. The normalized spacial score (nSPS) is 12.2. The van der Waals surface area contributed by atoms with Crippen LogP contribution in [0, 0.1) is 17.1 Å². The van der Waals surface area contributed by atoms with E-state index in [2.05, 4.69) is 20.4 Å². The third-order valence-corrected chi connectivity index (χ3v) is 4.07. The number of guanidine groups is 1. The maximum atomic E-state index is 14.0. The maximum absolute atomic E-state index is 14.0. The Bertz CT molecular complexity index is 967. The number of nitrogens with one attached hydrogen (secondary N) is 2. The summed E-state index contributed by atoms with van der Waals surface area (Å²) in [5.41, 5.74) is 0.974. The lowest BCUT2D eigenvalue weighted by Gasteiger charge is -2.15. The summed E-state index contributed by atoms with van der Waals surface area (Å²) >= 11 is 0. The Morgan fingerprint density at radius 3 is 2.43 bits per heavy atom. The number of ether oxygens (including phenoxy) is 3. The van der Waals surface area contributed by atoms with Crippen LogP contribution in [-0.4, -0.2) is 26.4 Å². The van der Waals surface area contributed by atoms with Gasteiger partial charge in [-0.15, -0.1) is 24.0 Å². The summed E-state index contributed by atoms with van der Waals surface area (Å²) in [5.74, 6) is 0.490. The van der Waals surface area contributed by atoms with Crippen molar-refractivity contribution in [3.8, 4) is 23.3 Å². The molecule has 2 N–H and O–H groups in total. The number of benzene rings is 2. The third-order valence-electron chi connectivity index (χ3n) is 4.07. The number of nitriles is 1. The van der Waals surface area contributed by atoms with Gasteiger partial charge >= 0.3 is 6.61 Å². The monoisotopic (exact) mass is 534 g/mol. The first-order chi connectivity index (χ1) is 14.0. The molecular weight excluding hydrogens is 516 g/mol. The number of aliphatic imine (C=N–C) groups is 1. The first-order valence-corrected chi connectivity index (χ1v) is 8.50. The Labute approximate surface area is 187 Å². The van der Waals surface area contributed by atoms with Crippen molar-refractivity contribution in [3.05, 3.63) is 52.8 Å². The zero-order valence-corrected chi connectivity index (χ0v) is 18.1. The molecule has 30 heavy (non-hydrogen) atoms. The van der Waals surface area contributed by atoms with Gasteiger partial charge in [-0.2, -0.15) is 14.0 Å². The Morgan fingerprint density at radius 2 is 1.83 bits per heavy atom. The van der Waals surface area contributed by atoms with Gasteiger partial charge in [-0.25, -0.2) is 4.39 Å². The van der Waals surface area contributed by atoms with Gasteiger partial charge in [-0.05, 0) is 18.2 Å². The second-order valence-corrected chi connectivity index (χ2v) is 5.89. The fourth-order valence-electron chi connectivity index (χ4n) is 2.65. The molecular formula is C19H18F3IN4O3. The van der Waals surface area contributed by atoms with Gasteiger partial charge < -0.3 is 24.8 Å². The Balaban J connectivity index is 0.00000320. The minimum Gasteiger partial charge on any atom is -0.454 e. The van der Waals surface area contributed by atoms with Gasteiger partial charge in [0.25, 0.3) is 0 Å². The number of fused-ring (bicyclic) bond motifs is 1. The molecule has 0 amide bonds. The van der Waals surface area contributed by atoms with Crippen LogP contribution in [-0.2, 0) is 13.1 Å². The molecule has 1 heterocycles. The molecule has 0 spiro atoms. The van der Waals surface area contributed by atoms with E-state index in [1.54, 1.807) is 6.07 Å². The number of hydrogen-bond donors (Lipinski definition) is 2. The largest absolute Gasteiger partial charge is 0.454 e. The summed E-state index contributed by atoms with van der Waals surface area (Å²) in [5, 5.41) is 14.7. The molecule has 3 rings (SSSR count). The molecule has 7 nitrogen and oxygen atoms in total. The van der Waals surface area contributed by atoms with Crippen molar-refractivity contribution < 1.29 is 27.4 Å². The van der Waals surface area contributed by atoms with E-state index in [4.69, 9.17) is 14.7 Å². The summed E-state index contributed by atoms with van der Waals surface area (Å²) in [6.45, 7) is -2.79. The molecule has 160 valence electrons. The first-order valence-electron chi connectivity index (χ1n) is 8.50. The predicted molar refractivity (Wildman–Crippen MR) is 113 cm³/mol. The van der Waals surface area contributed by atoms with Crippen LogP contribution in [0.1, 0.15) is 16.7 Å². The molecule has 0 saturated heterocycles. The summed E-state index contributed by atoms with van der Waals surface area (Å²) < 4.78 is 54.4. The van der Waals surface area contributed by atoms with Crippen LogP contribution in [0.2, 0.25) is 0 Å². The van der Waals surface area contributed by atoms with Crippen LogP contribution < -0.4 is 24.8 Å². The highest BCUT2D eigenvalue weighted by molar-refractivity contribution is 14.0. The fourth-order valence-corrected chi connectivity index (χ4v) is 2.65. The molecule has 2 aromatic carbocycles. The lowest BCUT2D eigenvalue weighted by Crippen LogP contribution is -2.36. The van der Waals surface area contributed by atoms with E-state index in [1.165, 1.54) is 25.2 Å². The van der Waals surface area contributed by atoms with Crippen molar-refractivity contribution >= 4 is 29.9 Å². The Kier molecular flexibility index (Phi) is 8.40. The average molecular weight is 534 g/mol. The van der Waals surface area contributed by atoms with Crippen LogP contribution >= 0.6 is 24.0 Å². The van der Waals surface area contributed by atoms with Crippen LogP contribution in [0.5, 0.6) is 17.2 Å². The second kappa shape index (κ2) is 10.8. The van der Waals surface area contributed by atoms with Crippen LogP contribution in [0.4, 0.5) is 13.2 Å². The van der Waals surface area contributed by atoms with Crippen LogP contribution in [0.15, 0.2) is 35.3 Å². The van der Waals surface area contributed by atoms with E-state index < -0.39 is 12.4 Å². The van der Waals surface area contributed by atoms with Gasteiger partial charge in [0.15, 0.2) is 17.5 Å². The summed E-state index contributed by atoms with van der Waals surface area (Å²) in [6, 6.07) is 8.91. The predicted octanol–water partition coefficient (Wildman–Crippen LogP) is 3.51. The van der Waals surface area contributed by atoms with Crippen LogP contribution in [0.3, 0.4) is 0 Å². The Morgan fingerprint density at radius 1 is 1.17 bits per heavy atom. The topological polar surface area (TPSA) is 87.9 Å². The molecule has 0 saturated carbocycles. The van der Waals surface area contributed by atoms with Crippen molar-refractivity contribution in [2.24, 2.45) is 4.99 Å². The van der Waals surface area contributed by atoms with Crippen molar-refractivity contribution in [2.45, 2.75) is 19.7 Å². The molecule has 0 aromatic heterocycles. The summed E-state index contributed by atoms with van der Waals surface area (Å²) in [4.78, 5) is 4.02. The SMILES string of the molecule is CN=C(NCc1ccc(C#N)cc1F)NCc1cc2c(cc1OC(F)F)OCO2.I. The zero-order chi connectivity index (χ0) is 20.8. The van der Waals surface area contributed by atoms with Gasteiger partial charge in [0.05, 0.1) is 11.6 Å². The minimum atomic E-state index is -2.99. The van der Waals surface area contributed by atoms with Gasteiger partial charge in [0, 0.05) is 37.3 Å². The first kappa shape index (κ1) is 23.4.